The molecule has 0 aromatic heterocycles. The summed E-state index contributed by atoms with van der Waals surface area (Å²) in [5, 5.41) is 0. The van der Waals surface area contributed by atoms with E-state index in [2.05, 4.69) is 19.4 Å². The Bertz CT molecular complexity index is 500. The Morgan fingerprint density at radius 3 is 0.545 bits per heavy atom. The standard InChI is InChI=1S/4C7H11N.Ni/c4*1-8-7-5-3-2-4-6-7;/h4*7H,2-6H2;. The van der Waals surface area contributed by atoms with Crippen LogP contribution in [-0.2, 0) is 16.5 Å². The molecule has 0 bridgehead atoms. The third kappa shape index (κ3) is 16.7. The van der Waals surface area contributed by atoms with Gasteiger partial charge in [0.2, 0.25) is 24.2 Å². The summed E-state index contributed by atoms with van der Waals surface area (Å²) in [6, 6.07) is 1.51. The van der Waals surface area contributed by atoms with Gasteiger partial charge in [0.15, 0.2) is 0 Å². The maximum Gasteiger partial charge on any atom is 0.223 e. The Balaban J connectivity index is 0.000000410. The Morgan fingerprint density at radius 2 is 0.455 bits per heavy atom. The van der Waals surface area contributed by atoms with Gasteiger partial charge in [-0.25, -0.2) is 26.3 Å². The van der Waals surface area contributed by atoms with Crippen molar-refractivity contribution in [3.63, 3.8) is 0 Å². The van der Waals surface area contributed by atoms with E-state index in [9.17, 15) is 0 Å². The summed E-state index contributed by atoms with van der Waals surface area (Å²) in [7, 11) is 0. The number of rotatable bonds is 0. The largest absolute Gasteiger partial charge is 0.314 e. The Morgan fingerprint density at radius 1 is 0.303 bits per heavy atom. The van der Waals surface area contributed by atoms with Crippen LogP contribution in [0.1, 0.15) is 128 Å². The van der Waals surface area contributed by atoms with Crippen LogP contribution in [0.25, 0.3) is 19.4 Å². The zero-order chi connectivity index (χ0) is 23.3. The monoisotopic (exact) mass is 494 g/mol. The van der Waals surface area contributed by atoms with E-state index in [4.69, 9.17) is 26.3 Å². The van der Waals surface area contributed by atoms with Crippen LogP contribution < -0.4 is 0 Å². The van der Waals surface area contributed by atoms with Gasteiger partial charge in [0.05, 0.1) is 0 Å². The van der Waals surface area contributed by atoms with Crippen molar-refractivity contribution in [1.29, 1.82) is 0 Å². The van der Waals surface area contributed by atoms with Gasteiger partial charge >= 0.3 is 0 Å². The maximum absolute atomic E-state index is 6.72. The fraction of sp³-hybridized carbons (Fsp3) is 0.857. The molecule has 4 fully saturated rings. The molecule has 0 spiro atoms. The first kappa shape index (κ1) is 31.5. The zero-order valence-corrected chi connectivity index (χ0v) is 21.5. The molecule has 4 nitrogen and oxygen atoms in total. The van der Waals surface area contributed by atoms with E-state index in [0.29, 0.717) is 24.2 Å². The third-order valence-electron chi connectivity index (χ3n) is 7.03. The molecule has 0 aromatic carbocycles. The van der Waals surface area contributed by atoms with E-state index < -0.39 is 0 Å². The van der Waals surface area contributed by atoms with Gasteiger partial charge in [-0.15, -0.1) is 0 Å². The van der Waals surface area contributed by atoms with Crippen LogP contribution in [0.2, 0.25) is 0 Å². The normalized spacial score (nSPS) is 21.7. The van der Waals surface area contributed by atoms with Gasteiger partial charge in [0, 0.05) is 67.9 Å². The van der Waals surface area contributed by atoms with Crippen LogP contribution in [0, 0.1) is 26.3 Å². The van der Waals surface area contributed by atoms with E-state index in [1.54, 1.807) is 0 Å². The van der Waals surface area contributed by atoms with Gasteiger partial charge in [-0.2, -0.15) is 0 Å². The van der Waals surface area contributed by atoms with Gasteiger partial charge < -0.3 is 19.4 Å². The second-order valence-corrected chi connectivity index (χ2v) is 9.68. The van der Waals surface area contributed by atoms with Crippen molar-refractivity contribution in [2.24, 2.45) is 0 Å². The quantitative estimate of drug-likeness (QED) is 0.236. The first-order valence-electron chi connectivity index (χ1n) is 13.2. The van der Waals surface area contributed by atoms with E-state index in [1.165, 1.54) is 77.0 Å². The molecule has 5 heteroatoms. The van der Waals surface area contributed by atoms with Crippen LogP contribution in [-0.4, -0.2) is 24.2 Å². The average molecular weight is 495 g/mol. The van der Waals surface area contributed by atoms with Gasteiger partial charge in [-0.3, -0.25) is 0 Å². The Kier molecular flexibility index (Phi) is 21.2. The van der Waals surface area contributed by atoms with Gasteiger partial charge in [-0.1, -0.05) is 25.7 Å². The SMILES string of the molecule is [C-]#[N+]C1CCCCC1.[C-]#[N+]C1CCCCC1.[C-]#[N+]C1CCCCC1.[C-]#[N+]C1CCCCC1.[Ni]. The summed E-state index contributed by atoms with van der Waals surface area (Å²) in [5.41, 5.74) is 0. The fourth-order valence-electron chi connectivity index (χ4n) is 4.84. The molecule has 4 rings (SSSR count). The second-order valence-electron chi connectivity index (χ2n) is 9.68. The van der Waals surface area contributed by atoms with E-state index in [-0.39, 0.29) is 16.5 Å². The van der Waals surface area contributed by atoms with Crippen molar-refractivity contribution < 1.29 is 16.5 Å². The van der Waals surface area contributed by atoms with Gasteiger partial charge in [0.25, 0.3) is 0 Å². The molecule has 0 aliphatic heterocycles. The fourth-order valence-corrected chi connectivity index (χ4v) is 4.84. The molecular formula is C28H44N4Ni. The van der Waals surface area contributed by atoms with Crippen LogP contribution in [0.15, 0.2) is 0 Å². The van der Waals surface area contributed by atoms with E-state index in [0.717, 1.165) is 51.4 Å². The van der Waals surface area contributed by atoms with Crippen LogP contribution in [0.4, 0.5) is 0 Å². The average Bonchev–Trinajstić information content (AvgIpc) is 2.91. The van der Waals surface area contributed by atoms with Crippen molar-refractivity contribution >= 4 is 0 Å². The Labute approximate surface area is 214 Å². The summed E-state index contributed by atoms with van der Waals surface area (Å²) < 4.78 is 0. The van der Waals surface area contributed by atoms with E-state index in [1.807, 2.05) is 0 Å². The summed E-state index contributed by atoms with van der Waals surface area (Å²) in [6.07, 6.45) is 24.9. The minimum atomic E-state index is 0. The summed E-state index contributed by atoms with van der Waals surface area (Å²) in [5.74, 6) is 0. The molecule has 0 N–H and O–H groups in total. The molecule has 0 amide bonds. The predicted molar refractivity (Wildman–Crippen MR) is 134 cm³/mol. The molecule has 0 aromatic rings. The van der Waals surface area contributed by atoms with Crippen molar-refractivity contribution in [2.75, 3.05) is 0 Å². The molecule has 186 valence electrons. The first-order valence-corrected chi connectivity index (χ1v) is 13.2. The molecule has 0 saturated heterocycles. The minimum Gasteiger partial charge on any atom is -0.314 e. The summed E-state index contributed by atoms with van der Waals surface area (Å²) >= 11 is 0. The molecule has 4 aliphatic rings. The molecule has 0 unspecified atom stereocenters. The molecule has 4 saturated carbocycles. The second kappa shape index (κ2) is 22.3. The van der Waals surface area contributed by atoms with E-state index >= 15 is 0 Å². The maximum atomic E-state index is 6.72. The topological polar surface area (TPSA) is 17.4 Å². The smallest absolute Gasteiger partial charge is 0.223 e. The van der Waals surface area contributed by atoms with Crippen molar-refractivity contribution in [2.45, 2.75) is 153 Å². The molecule has 33 heavy (non-hydrogen) atoms. The van der Waals surface area contributed by atoms with Crippen molar-refractivity contribution in [3.05, 3.63) is 45.7 Å². The zero-order valence-electron chi connectivity index (χ0n) is 20.6. The molecule has 0 radical (unpaired) electrons. The number of hydrogen-bond acceptors (Lipinski definition) is 0. The van der Waals surface area contributed by atoms with Gasteiger partial charge in [-0.05, 0) is 51.4 Å². The van der Waals surface area contributed by atoms with Crippen LogP contribution in [0.5, 0.6) is 0 Å². The summed E-state index contributed by atoms with van der Waals surface area (Å²) in [6.45, 7) is 26.9. The van der Waals surface area contributed by atoms with Crippen molar-refractivity contribution in [3.8, 4) is 0 Å². The predicted octanol–water partition coefficient (Wildman–Crippen LogP) is 8.95. The van der Waals surface area contributed by atoms with Gasteiger partial charge in [0.1, 0.15) is 0 Å². The first-order chi connectivity index (χ1) is 15.7. The Hall–Kier alpha value is -1.55. The van der Waals surface area contributed by atoms with Crippen LogP contribution >= 0.6 is 0 Å². The summed E-state index contributed by atoms with van der Waals surface area (Å²) in [4.78, 5) is 14.0. The molecule has 0 heterocycles. The number of nitrogens with zero attached hydrogens (tertiary/aromatic N) is 4. The molecule has 0 atom stereocenters. The minimum absolute atomic E-state index is 0. The van der Waals surface area contributed by atoms with Crippen LogP contribution in [0.3, 0.4) is 0 Å². The molecule has 4 aliphatic carbocycles. The molecular weight excluding hydrogens is 451 g/mol. The number of hydrogen-bond donors (Lipinski definition) is 0. The van der Waals surface area contributed by atoms with Crippen molar-refractivity contribution in [1.82, 2.24) is 0 Å². The third-order valence-corrected chi connectivity index (χ3v) is 7.03.